The fraction of sp³-hybridized carbons (Fsp3) is 0.296. The van der Waals surface area contributed by atoms with Gasteiger partial charge >= 0.3 is 0 Å². The number of aromatic nitrogens is 1. The normalized spacial score (nSPS) is 20.8. The third kappa shape index (κ3) is 3.82. The molecule has 2 amide bonds. The Kier molecular flexibility index (Phi) is 5.21. The number of amides is 2. The number of nitrogens with one attached hydrogen (secondary N) is 1. The van der Waals surface area contributed by atoms with Crippen LogP contribution in [0.3, 0.4) is 0 Å². The van der Waals surface area contributed by atoms with Crippen LogP contribution in [0.25, 0.3) is 21.4 Å². The highest BCUT2D eigenvalue weighted by Crippen LogP contribution is 2.50. The van der Waals surface area contributed by atoms with Crippen LogP contribution in [-0.4, -0.2) is 40.8 Å². The highest BCUT2D eigenvalue weighted by atomic mass is 32.1. The number of fused-ring (bicyclic) bond motifs is 2. The highest BCUT2D eigenvalue weighted by Gasteiger charge is 2.54. The molecule has 2 aromatic heterocycles. The number of furan rings is 1. The first-order valence-electron chi connectivity index (χ1n) is 11.7. The zero-order valence-electron chi connectivity index (χ0n) is 19.4. The average Bonchev–Trinajstić information content (AvgIpc) is 3.18. The van der Waals surface area contributed by atoms with E-state index in [4.69, 9.17) is 4.42 Å². The van der Waals surface area contributed by atoms with Crippen LogP contribution in [0.5, 0.6) is 0 Å². The molecule has 8 heteroatoms. The third-order valence-electron chi connectivity index (χ3n) is 7.07. The fourth-order valence-corrected chi connectivity index (χ4v) is 6.18. The maximum absolute atomic E-state index is 14.0. The van der Waals surface area contributed by atoms with E-state index in [0.29, 0.717) is 41.6 Å². The molecule has 2 aromatic carbocycles. The number of rotatable bonds is 5. The van der Waals surface area contributed by atoms with E-state index < -0.39 is 5.82 Å². The molecular weight excluding hydrogens is 465 g/mol. The van der Waals surface area contributed by atoms with Crippen LogP contribution in [0.2, 0.25) is 0 Å². The van der Waals surface area contributed by atoms with Gasteiger partial charge in [0.25, 0.3) is 11.8 Å². The van der Waals surface area contributed by atoms with Gasteiger partial charge in [0.1, 0.15) is 5.69 Å². The molecule has 2 fully saturated rings. The van der Waals surface area contributed by atoms with Crippen LogP contribution < -0.4 is 5.32 Å². The van der Waals surface area contributed by atoms with E-state index in [-0.39, 0.29) is 23.4 Å². The Morgan fingerprint density at radius 2 is 2.09 bits per heavy atom. The lowest BCUT2D eigenvalue weighted by Gasteiger charge is -2.27. The van der Waals surface area contributed by atoms with E-state index in [1.807, 2.05) is 36.9 Å². The van der Waals surface area contributed by atoms with E-state index in [2.05, 4.69) is 16.4 Å². The molecule has 2 aliphatic rings. The molecule has 1 aliphatic carbocycles. The summed E-state index contributed by atoms with van der Waals surface area (Å²) in [5.74, 6) is -0.0509. The van der Waals surface area contributed by atoms with Gasteiger partial charge in [-0.1, -0.05) is 29.8 Å². The molecule has 3 heterocycles. The number of thiazole rings is 1. The predicted octanol–water partition coefficient (Wildman–Crippen LogP) is 5.20. The van der Waals surface area contributed by atoms with Crippen molar-refractivity contribution >= 4 is 34.1 Å². The van der Waals surface area contributed by atoms with Crippen LogP contribution in [0, 0.1) is 31.5 Å². The van der Waals surface area contributed by atoms with Gasteiger partial charge in [0.2, 0.25) is 0 Å². The van der Waals surface area contributed by atoms with Crippen molar-refractivity contribution in [1.82, 2.24) is 15.2 Å². The number of carbonyl (C=O) groups is 2. The summed E-state index contributed by atoms with van der Waals surface area (Å²) in [6.07, 6.45) is 2.44. The molecule has 0 spiro atoms. The number of likely N-dealkylation sites (tertiary alicyclic amines) is 1. The standard InChI is InChI=1S/C27H24FN3O3S/c1-14-4-3-5-16(10-14)25-23(30-15(2)35-25)27(33)31-13-17-11-20(17)22(31)12-29-26(32)19-6-7-21(28)24-18(19)8-9-34-24/h3-10,17,20,22H,11-13H2,1-2H3,(H,29,32)/t17-,20-,22+/m0/s1. The van der Waals surface area contributed by atoms with E-state index in [0.717, 1.165) is 27.4 Å². The maximum atomic E-state index is 14.0. The lowest BCUT2D eigenvalue weighted by atomic mass is 10.1. The number of benzene rings is 2. The van der Waals surface area contributed by atoms with Crippen LogP contribution >= 0.6 is 11.3 Å². The van der Waals surface area contributed by atoms with Crippen molar-refractivity contribution in [3.05, 3.63) is 76.4 Å². The number of hydrogen-bond acceptors (Lipinski definition) is 5. The largest absolute Gasteiger partial charge is 0.461 e. The Balaban J connectivity index is 1.23. The SMILES string of the molecule is Cc1cccc(-c2sc(C)nc2C(=O)N2C[C@@H]3C[C@@H]3[C@H]2CNC(=O)c2ccc(F)c3occc23)c1. The van der Waals surface area contributed by atoms with Gasteiger partial charge in [0.05, 0.1) is 27.8 Å². The summed E-state index contributed by atoms with van der Waals surface area (Å²) in [5, 5.41) is 4.26. The minimum absolute atomic E-state index is 0.0696. The number of carbonyl (C=O) groups excluding carboxylic acids is 2. The summed E-state index contributed by atoms with van der Waals surface area (Å²) in [7, 11) is 0. The summed E-state index contributed by atoms with van der Waals surface area (Å²) in [4.78, 5) is 34.1. The molecule has 3 atom stereocenters. The first-order chi connectivity index (χ1) is 16.9. The van der Waals surface area contributed by atoms with Crippen LogP contribution in [0.15, 0.2) is 53.1 Å². The van der Waals surface area contributed by atoms with Crippen molar-refractivity contribution in [1.29, 1.82) is 0 Å². The van der Waals surface area contributed by atoms with E-state index in [9.17, 15) is 14.0 Å². The quantitative estimate of drug-likeness (QED) is 0.418. The second-order valence-corrected chi connectivity index (χ2v) is 10.6. The van der Waals surface area contributed by atoms with Gasteiger partial charge in [-0.15, -0.1) is 11.3 Å². The van der Waals surface area contributed by atoms with Crippen molar-refractivity contribution < 1.29 is 18.4 Å². The van der Waals surface area contributed by atoms with Gasteiger partial charge in [-0.05, 0) is 55.9 Å². The van der Waals surface area contributed by atoms with Gasteiger partial charge in [-0.2, -0.15) is 0 Å². The molecule has 1 N–H and O–H groups in total. The van der Waals surface area contributed by atoms with Gasteiger partial charge in [-0.25, -0.2) is 9.37 Å². The smallest absolute Gasteiger partial charge is 0.274 e. The second kappa shape index (κ2) is 8.30. The van der Waals surface area contributed by atoms with Gasteiger partial charge in [-0.3, -0.25) is 9.59 Å². The Bertz CT molecular complexity index is 1480. The lowest BCUT2D eigenvalue weighted by molar-refractivity contribution is 0.0690. The molecule has 0 radical (unpaired) electrons. The molecule has 6 nitrogen and oxygen atoms in total. The molecular formula is C27H24FN3O3S. The Morgan fingerprint density at radius 1 is 1.23 bits per heavy atom. The molecule has 6 rings (SSSR count). The predicted molar refractivity (Wildman–Crippen MR) is 132 cm³/mol. The maximum Gasteiger partial charge on any atom is 0.274 e. The fourth-order valence-electron chi connectivity index (χ4n) is 5.28. The van der Waals surface area contributed by atoms with Crippen molar-refractivity contribution in [2.75, 3.05) is 13.1 Å². The summed E-state index contributed by atoms with van der Waals surface area (Å²) in [6, 6.07) is 12.3. The highest BCUT2D eigenvalue weighted by molar-refractivity contribution is 7.15. The number of aryl methyl sites for hydroxylation is 2. The minimum atomic E-state index is -0.502. The van der Waals surface area contributed by atoms with Crippen molar-refractivity contribution in [2.24, 2.45) is 11.8 Å². The minimum Gasteiger partial charge on any atom is -0.461 e. The molecule has 0 bridgehead atoms. The topological polar surface area (TPSA) is 75.4 Å². The van der Waals surface area contributed by atoms with Crippen molar-refractivity contribution in [3.63, 3.8) is 0 Å². The van der Waals surface area contributed by atoms with Crippen LogP contribution in [0.1, 0.15) is 37.8 Å². The van der Waals surface area contributed by atoms with Gasteiger partial charge < -0.3 is 14.6 Å². The molecule has 1 saturated carbocycles. The van der Waals surface area contributed by atoms with Gasteiger partial charge in [0.15, 0.2) is 11.4 Å². The first kappa shape index (κ1) is 22.0. The molecule has 4 aromatic rings. The van der Waals surface area contributed by atoms with Crippen LogP contribution in [0.4, 0.5) is 4.39 Å². The number of halogens is 1. The number of nitrogens with zero attached hydrogens (tertiary/aromatic N) is 2. The Hall–Kier alpha value is -3.52. The number of hydrogen-bond donors (Lipinski definition) is 1. The summed E-state index contributed by atoms with van der Waals surface area (Å²) in [5.41, 5.74) is 3.03. The van der Waals surface area contributed by atoms with E-state index >= 15 is 0 Å². The lowest BCUT2D eigenvalue weighted by Crippen LogP contribution is -2.45. The zero-order valence-corrected chi connectivity index (χ0v) is 20.2. The molecule has 1 saturated heterocycles. The van der Waals surface area contributed by atoms with Gasteiger partial charge in [0, 0.05) is 18.5 Å². The molecule has 35 heavy (non-hydrogen) atoms. The first-order valence-corrected chi connectivity index (χ1v) is 12.5. The van der Waals surface area contributed by atoms with Crippen molar-refractivity contribution in [2.45, 2.75) is 26.3 Å². The molecule has 0 unspecified atom stereocenters. The molecule has 178 valence electrons. The van der Waals surface area contributed by atoms with Crippen LogP contribution in [-0.2, 0) is 0 Å². The molecule has 1 aliphatic heterocycles. The number of piperidine rings is 1. The third-order valence-corrected chi connectivity index (χ3v) is 8.09. The van der Waals surface area contributed by atoms with Crippen molar-refractivity contribution in [3.8, 4) is 10.4 Å². The Labute approximate surface area is 205 Å². The second-order valence-electron chi connectivity index (χ2n) is 9.43. The summed E-state index contributed by atoms with van der Waals surface area (Å²) in [6.45, 7) is 4.96. The van der Waals surface area contributed by atoms with E-state index in [1.165, 1.54) is 29.7 Å². The van der Waals surface area contributed by atoms with E-state index in [1.54, 1.807) is 6.07 Å². The average molecular weight is 490 g/mol. The zero-order chi connectivity index (χ0) is 24.3. The Morgan fingerprint density at radius 3 is 2.91 bits per heavy atom. The monoisotopic (exact) mass is 489 g/mol. The summed E-state index contributed by atoms with van der Waals surface area (Å²) < 4.78 is 19.1. The summed E-state index contributed by atoms with van der Waals surface area (Å²) >= 11 is 1.53.